The van der Waals surface area contributed by atoms with Crippen LogP contribution < -0.4 is 5.19 Å². The molecule has 3 heteroatoms. The molecule has 89 valence electrons. The van der Waals surface area contributed by atoms with E-state index in [0.29, 0.717) is 0 Å². The van der Waals surface area contributed by atoms with E-state index in [2.05, 4.69) is 59.1 Å². The van der Waals surface area contributed by atoms with Gasteiger partial charge in [0.25, 0.3) is 0 Å². The highest BCUT2D eigenvalue weighted by molar-refractivity contribution is 6.81. The zero-order valence-corrected chi connectivity index (χ0v) is 13.6. The molecule has 0 amide bonds. The van der Waals surface area contributed by atoms with Crippen LogP contribution in [0, 0.1) is 20.8 Å². The number of hydrogen-bond acceptors (Lipinski definition) is 1. The number of benzene rings is 1. The van der Waals surface area contributed by atoms with Gasteiger partial charge < -0.3 is 4.12 Å². The second-order valence-electron chi connectivity index (χ2n) is 5.54. The molecule has 0 heterocycles. The third-order valence-corrected chi connectivity index (χ3v) is 7.66. The van der Waals surface area contributed by atoms with Crippen LogP contribution in [-0.4, -0.2) is 17.4 Å². The minimum atomic E-state index is -1.42. The Morgan fingerprint density at radius 3 is 1.81 bits per heavy atom. The topological polar surface area (TPSA) is 9.23 Å². The lowest BCUT2D eigenvalue weighted by atomic mass is 10.1. The molecule has 0 saturated carbocycles. The molecule has 0 fully saturated rings. The first kappa shape index (κ1) is 13.7. The summed E-state index contributed by atoms with van der Waals surface area (Å²) in [6.45, 7) is 15.6. The minimum absolute atomic E-state index is 0.840. The van der Waals surface area contributed by atoms with Gasteiger partial charge in [-0.3, -0.25) is 0 Å². The molecule has 1 rings (SSSR count). The molecule has 0 N–H and O–H groups in total. The van der Waals surface area contributed by atoms with Crippen molar-refractivity contribution in [2.45, 2.75) is 47.0 Å². The molecule has 0 aromatic heterocycles. The molecule has 0 atom stereocenters. The zero-order valence-electron chi connectivity index (χ0n) is 11.6. The smallest absolute Gasteiger partial charge is 0.232 e. The van der Waals surface area contributed by atoms with Gasteiger partial charge in [-0.15, -0.1) is 0 Å². The summed E-state index contributed by atoms with van der Waals surface area (Å²) in [7, 11) is -2.26. The Kier molecular flexibility index (Phi) is 4.15. The molecule has 0 aliphatic carbocycles. The van der Waals surface area contributed by atoms with Crippen LogP contribution in [0.2, 0.25) is 26.2 Å². The molecule has 0 aliphatic rings. The quantitative estimate of drug-likeness (QED) is 0.749. The van der Waals surface area contributed by atoms with Crippen LogP contribution in [0.15, 0.2) is 12.1 Å². The molecule has 1 aromatic carbocycles. The first-order valence-corrected chi connectivity index (χ1v) is 11.1. The highest BCUT2D eigenvalue weighted by Gasteiger charge is 2.23. The maximum atomic E-state index is 6.27. The molecular weight excluding hydrogens is 228 g/mol. The van der Waals surface area contributed by atoms with E-state index < -0.39 is 17.4 Å². The Morgan fingerprint density at radius 2 is 1.44 bits per heavy atom. The van der Waals surface area contributed by atoms with Crippen molar-refractivity contribution in [3.8, 4) is 0 Å². The second kappa shape index (κ2) is 4.86. The van der Waals surface area contributed by atoms with Gasteiger partial charge in [0.05, 0.1) is 0 Å². The summed E-state index contributed by atoms with van der Waals surface area (Å²) in [5.74, 6) is 0. The van der Waals surface area contributed by atoms with Gasteiger partial charge in [-0.1, -0.05) is 17.7 Å². The van der Waals surface area contributed by atoms with Gasteiger partial charge in [0.1, 0.15) is 0 Å². The van der Waals surface area contributed by atoms with Gasteiger partial charge in [-0.25, -0.2) is 0 Å². The van der Waals surface area contributed by atoms with Crippen molar-refractivity contribution in [3.63, 3.8) is 0 Å². The fourth-order valence-corrected chi connectivity index (χ4v) is 7.58. The van der Waals surface area contributed by atoms with Crippen LogP contribution in [-0.2, 0) is 4.12 Å². The Morgan fingerprint density at radius 1 is 1.00 bits per heavy atom. The van der Waals surface area contributed by atoms with Crippen LogP contribution in [0.4, 0.5) is 0 Å². The predicted molar refractivity (Wildman–Crippen MR) is 76.3 cm³/mol. The predicted octanol–water partition coefficient (Wildman–Crippen LogP) is 3.29. The molecule has 0 bridgehead atoms. The number of hydrogen-bond donors (Lipinski definition) is 0. The van der Waals surface area contributed by atoms with Crippen LogP contribution in [0.25, 0.3) is 0 Å². The molecule has 1 aromatic rings. The van der Waals surface area contributed by atoms with Gasteiger partial charge in [-0.05, 0) is 63.3 Å². The third-order valence-electron chi connectivity index (χ3n) is 2.49. The van der Waals surface area contributed by atoms with E-state index in [4.69, 9.17) is 4.12 Å². The summed E-state index contributed by atoms with van der Waals surface area (Å²) < 4.78 is 6.27. The van der Waals surface area contributed by atoms with Gasteiger partial charge in [-0.2, -0.15) is 0 Å². The first-order valence-electron chi connectivity index (χ1n) is 5.81. The Balaban J connectivity index is 3.04. The van der Waals surface area contributed by atoms with Crippen LogP contribution >= 0.6 is 0 Å². The molecule has 16 heavy (non-hydrogen) atoms. The van der Waals surface area contributed by atoms with E-state index in [1.165, 1.54) is 21.9 Å². The van der Waals surface area contributed by atoms with E-state index in [9.17, 15) is 0 Å². The fourth-order valence-electron chi connectivity index (χ4n) is 2.25. The Labute approximate surface area is 103 Å². The van der Waals surface area contributed by atoms with E-state index in [-0.39, 0.29) is 0 Å². The van der Waals surface area contributed by atoms with Gasteiger partial charge in [0.15, 0.2) is 8.32 Å². The van der Waals surface area contributed by atoms with Gasteiger partial charge in [0, 0.05) is 0 Å². The summed E-state index contributed by atoms with van der Waals surface area (Å²) in [6, 6.07) is 4.54. The third kappa shape index (κ3) is 3.58. The normalized spacial score (nSPS) is 12.2. The van der Waals surface area contributed by atoms with Crippen molar-refractivity contribution in [1.82, 2.24) is 0 Å². The minimum Gasteiger partial charge on any atom is -0.453 e. The van der Waals surface area contributed by atoms with E-state index in [0.717, 1.165) is 0 Å². The molecule has 0 unspecified atom stereocenters. The van der Waals surface area contributed by atoms with E-state index >= 15 is 0 Å². The summed E-state index contributed by atoms with van der Waals surface area (Å²) in [6.07, 6.45) is 0. The van der Waals surface area contributed by atoms with Gasteiger partial charge >= 0.3 is 0 Å². The van der Waals surface area contributed by atoms with Crippen molar-refractivity contribution < 1.29 is 4.12 Å². The summed E-state index contributed by atoms with van der Waals surface area (Å²) in [4.78, 5) is 0. The number of rotatable bonds is 3. The van der Waals surface area contributed by atoms with Crippen molar-refractivity contribution in [2.75, 3.05) is 0 Å². The molecule has 0 saturated heterocycles. The first-order chi connectivity index (χ1) is 7.20. The average Bonchev–Trinajstić information content (AvgIpc) is 1.96. The van der Waals surface area contributed by atoms with Crippen LogP contribution in [0.1, 0.15) is 16.7 Å². The largest absolute Gasteiger partial charge is 0.453 e. The average molecular weight is 251 g/mol. The molecule has 1 nitrogen and oxygen atoms in total. The monoisotopic (exact) mass is 251 g/mol. The standard InChI is InChI=1S/C13H23OSi2/c1-10-8-11(2)13(12(3)9-10)15(4)14-16(5,6)7/h8-9H,1-7H3. The molecule has 0 spiro atoms. The van der Waals surface area contributed by atoms with Crippen molar-refractivity contribution in [2.24, 2.45) is 0 Å². The van der Waals surface area contributed by atoms with Crippen molar-refractivity contribution in [1.29, 1.82) is 0 Å². The van der Waals surface area contributed by atoms with E-state index in [1.54, 1.807) is 0 Å². The highest BCUT2D eigenvalue weighted by Crippen LogP contribution is 2.11. The Bertz CT molecular complexity index is 357. The maximum Gasteiger partial charge on any atom is 0.232 e. The Hall–Kier alpha value is -0.386. The van der Waals surface area contributed by atoms with Crippen LogP contribution in [0.5, 0.6) is 0 Å². The van der Waals surface area contributed by atoms with Gasteiger partial charge in [0.2, 0.25) is 9.04 Å². The van der Waals surface area contributed by atoms with Crippen molar-refractivity contribution >= 4 is 22.5 Å². The van der Waals surface area contributed by atoms with Crippen molar-refractivity contribution in [3.05, 3.63) is 28.8 Å². The lowest BCUT2D eigenvalue weighted by Gasteiger charge is -2.25. The SMILES string of the molecule is Cc1cc(C)c([Si](C)O[Si](C)(C)C)c(C)c1. The molecule has 1 radical (unpaired) electrons. The molecular formula is C13H23OSi2. The lowest BCUT2D eigenvalue weighted by Crippen LogP contribution is -2.42. The summed E-state index contributed by atoms with van der Waals surface area (Å²) in [5.41, 5.74) is 4.14. The fraction of sp³-hybridized carbons (Fsp3) is 0.538. The van der Waals surface area contributed by atoms with E-state index in [1.807, 2.05) is 0 Å². The second-order valence-corrected chi connectivity index (χ2v) is 12.2. The highest BCUT2D eigenvalue weighted by atomic mass is 28.4. The van der Waals surface area contributed by atoms with Crippen LogP contribution in [0.3, 0.4) is 0 Å². The summed E-state index contributed by atoms with van der Waals surface area (Å²) >= 11 is 0. The summed E-state index contributed by atoms with van der Waals surface area (Å²) in [5, 5.41) is 1.47. The zero-order chi connectivity index (χ0) is 12.5. The molecule has 0 aliphatic heterocycles. The number of aryl methyl sites for hydroxylation is 3. The maximum absolute atomic E-state index is 6.27. The lowest BCUT2D eigenvalue weighted by molar-refractivity contribution is 0.588.